The van der Waals surface area contributed by atoms with Gasteiger partial charge < -0.3 is 5.73 Å². The molecule has 0 saturated carbocycles. The highest BCUT2D eigenvalue weighted by Crippen LogP contribution is 2.22. The van der Waals surface area contributed by atoms with Gasteiger partial charge in [0.05, 0.1) is 0 Å². The minimum Gasteiger partial charge on any atom is -0.330 e. The Morgan fingerprint density at radius 3 is 2.64 bits per heavy atom. The largest absolute Gasteiger partial charge is 0.330 e. The van der Waals surface area contributed by atoms with Crippen LogP contribution in [0, 0.1) is 5.92 Å². The number of hydrogen-bond donors (Lipinski definition) is 1. The Morgan fingerprint density at radius 1 is 1.50 bits per heavy atom. The van der Waals surface area contributed by atoms with Crippen molar-refractivity contribution in [2.75, 3.05) is 33.7 Å². The maximum absolute atomic E-state index is 11.7. The molecule has 84 valence electrons. The molecule has 1 rings (SSSR count). The zero-order valence-corrected chi connectivity index (χ0v) is 9.63. The maximum Gasteiger partial charge on any atom is 0.281 e. The van der Waals surface area contributed by atoms with E-state index in [2.05, 4.69) is 0 Å². The Balaban J connectivity index is 2.58. The first-order valence-corrected chi connectivity index (χ1v) is 6.26. The van der Waals surface area contributed by atoms with E-state index in [4.69, 9.17) is 5.73 Å². The van der Waals surface area contributed by atoms with Crippen molar-refractivity contribution in [2.24, 2.45) is 11.7 Å². The van der Waals surface area contributed by atoms with Crippen molar-refractivity contribution in [3.63, 3.8) is 0 Å². The lowest BCUT2D eigenvalue weighted by Crippen LogP contribution is -2.38. The van der Waals surface area contributed by atoms with Gasteiger partial charge in [-0.25, -0.2) is 0 Å². The lowest BCUT2D eigenvalue weighted by Gasteiger charge is -2.20. The fraction of sp³-hybridized carbons (Fsp3) is 1.00. The molecule has 1 saturated heterocycles. The molecule has 0 aromatic rings. The fourth-order valence-electron chi connectivity index (χ4n) is 1.71. The normalized spacial score (nSPS) is 24.7. The third kappa shape index (κ3) is 2.44. The van der Waals surface area contributed by atoms with E-state index in [1.165, 1.54) is 8.61 Å². The second-order valence-electron chi connectivity index (χ2n) is 3.88. The van der Waals surface area contributed by atoms with Gasteiger partial charge in [0.2, 0.25) is 0 Å². The van der Waals surface area contributed by atoms with E-state index >= 15 is 0 Å². The van der Waals surface area contributed by atoms with Crippen LogP contribution in [-0.2, 0) is 10.2 Å². The quantitative estimate of drug-likeness (QED) is 0.693. The van der Waals surface area contributed by atoms with Gasteiger partial charge in [0.15, 0.2) is 0 Å². The number of nitrogens with zero attached hydrogens (tertiary/aromatic N) is 2. The summed E-state index contributed by atoms with van der Waals surface area (Å²) in [6.45, 7) is 1.89. The molecule has 5 nitrogen and oxygen atoms in total. The summed E-state index contributed by atoms with van der Waals surface area (Å²) in [5.41, 5.74) is 5.44. The van der Waals surface area contributed by atoms with E-state index in [0.29, 0.717) is 25.6 Å². The lowest BCUT2D eigenvalue weighted by atomic mass is 10.1. The summed E-state index contributed by atoms with van der Waals surface area (Å²) >= 11 is 0. The van der Waals surface area contributed by atoms with Crippen molar-refractivity contribution in [1.29, 1.82) is 0 Å². The summed E-state index contributed by atoms with van der Waals surface area (Å²) in [6.07, 6.45) is 1.85. The Bertz CT molecular complexity index is 276. The van der Waals surface area contributed by atoms with Crippen LogP contribution in [0.15, 0.2) is 0 Å². The van der Waals surface area contributed by atoms with E-state index < -0.39 is 10.2 Å². The summed E-state index contributed by atoms with van der Waals surface area (Å²) in [4.78, 5) is 0. The lowest BCUT2D eigenvalue weighted by molar-refractivity contribution is 0.406. The first kappa shape index (κ1) is 11.9. The Hall–Kier alpha value is -0.170. The number of rotatable bonds is 4. The molecule has 1 heterocycles. The first-order chi connectivity index (χ1) is 6.48. The predicted molar refractivity (Wildman–Crippen MR) is 56.0 cm³/mol. The zero-order valence-electron chi connectivity index (χ0n) is 8.81. The smallest absolute Gasteiger partial charge is 0.281 e. The summed E-state index contributed by atoms with van der Waals surface area (Å²) in [7, 11) is -0.0798. The molecule has 0 amide bonds. The van der Waals surface area contributed by atoms with Crippen LogP contribution >= 0.6 is 0 Å². The highest BCUT2D eigenvalue weighted by molar-refractivity contribution is 7.86. The van der Waals surface area contributed by atoms with Crippen LogP contribution in [0.2, 0.25) is 0 Å². The zero-order chi connectivity index (χ0) is 10.8. The number of nitrogens with two attached hydrogens (primary N) is 1. The van der Waals surface area contributed by atoms with Gasteiger partial charge in [-0.3, -0.25) is 0 Å². The van der Waals surface area contributed by atoms with Crippen LogP contribution in [-0.4, -0.2) is 50.8 Å². The molecule has 0 aliphatic carbocycles. The average molecular weight is 221 g/mol. The van der Waals surface area contributed by atoms with Gasteiger partial charge in [-0.2, -0.15) is 17.0 Å². The number of hydrogen-bond acceptors (Lipinski definition) is 3. The van der Waals surface area contributed by atoms with E-state index in [1.807, 2.05) is 0 Å². The molecule has 2 N–H and O–H groups in total. The molecule has 0 aromatic heterocycles. The molecule has 1 aliphatic rings. The second kappa shape index (κ2) is 4.57. The molecule has 14 heavy (non-hydrogen) atoms. The Labute approximate surface area is 86.0 Å². The summed E-state index contributed by atoms with van der Waals surface area (Å²) in [5, 5.41) is 0. The SMILES string of the molecule is CN(C)S(=O)(=O)N1CCC(CCN)C1. The van der Waals surface area contributed by atoms with Crippen molar-refractivity contribution < 1.29 is 8.42 Å². The predicted octanol–water partition coefficient (Wildman–Crippen LogP) is -0.536. The van der Waals surface area contributed by atoms with Crippen molar-refractivity contribution >= 4 is 10.2 Å². The van der Waals surface area contributed by atoms with Crippen molar-refractivity contribution in [3.05, 3.63) is 0 Å². The van der Waals surface area contributed by atoms with Gasteiger partial charge >= 0.3 is 0 Å². The molecule has 1 aliphatic heterocycles. The molecule has 1 unspecified atom stereocenters. The van der Waals surface area contributed by atoms with Gasteiger partial charge in [-0.15, -0.1) is 0 Å². The van der Waals surface area contributed by atoms with Crippen molar-refractivity contribution in [3.8, 4) is 0 Å². The highest BCUT2D eigenvalue weighted by Gasteiger charge is 2.31. The van der Waals surface area contributed by atoms with Crippen LogP contribution in [0.5, 0.6) is 0 Å². The summed E-state index contributed by atoms with van der Waals surface area (Å²) in [5.74, 6) is 0.440. The van der Waals surface area contributed by atoms with Crippen LogP contribution in [0.3, 0.4) is 0 Å². The minimum absolute atomic E-state index is 0.440. The standard InChI is InChI=1S/C8H19N3O2S/c1-10(2)14(12,13)11-6-4-8(7-11)3-5-9/h8H,3-7,9H2,1-2H3. The minimum atomic E-state index is -3.20. The van der Waals surface area contributed by atoms with Gasteiger partial charge in [0.25, 0.3) is 10.2 Å². The van der Waals surface area contributed by atoms with Gasteiger partial charge in [-0.05, 0) is 25.3 Å². The molecule has 0 spiro atoms. The maximum atomic E-state index is 11.7. The van der Waals surface area contributed by atoms with Crippen molar-refractivity contribution in [1.82, 2.24) is 8.61 Å². The topological polar surface area (TPSA) is 66.6 Å². The van der Waals surface area contributed by atoms with Crippen LogP contribution in [0.4, 0.5) is 0 Å². The van der Waals surface area contributed by atoms with Crippen molar-refractivity contribution in [2.45, 2.75) is 12.8 Å². The third-order valence-corrected chi connectivity index (χ3v) is 4.52. The van der Waals surface area contributed by atoms with Crippen LogP contribution in [0.25, 0.3) is 0 Å². The molecule has 0 bridgehead atoms. The highest BCUT2D eigenvalue weighted by atomic mass is 32.2. The van der Waals surface area contributed by atoms with Crippen LogP contribution < -0.4 is 5.73 Å². The molecule has 1 fully saturated rings. The average Bonchev–Trinajstić information content (AvgIpc) is 2.53. The monoisotopic (exact) mass is 221 g/mol. The molecule has 0 aromatic carbocycles. The van der Waals surface area contributed by atoms with Gasteiger partial charge in [0.1, 0.15) is 0 Å². The first-order valence-electron chi connectivity index (χ1n) is 4.86. The second-order valence-corrected chi connectivity index (χ2v) is 6.02. The molecular weight excluding hydrogens is 202 g/mol. The van der Waals surface area contributed by atoms with Gasteiger partial charge in [0, 0.05) is 27.2 Å². The van der Waals surface area contributed by atoms with Crippen LogP contribution in [0.1, 0.15) is 12.8 Å². The van der Waals surface area contributed by atoms with Gasteiger partial charge in [-0.1, -0.05) is 0 Å². The van der Waals surface area contributed by atoms with E-state index in [0.717, 1.165) is 12.8 Å². The molecular formula is C8H19N3O2S. The molecule has 6 heteroatoms. The summed E-state index contributed by atoms with van der Waals surface area (Å²) in [6, 6.07) is 0. The fourth-order valence-corrected chi connectivity index (χ4v) is 2.91. The molecule has 0 radical (unpaired) electrons. The summed E-state index contributed by atoms with van der Waals surface area (Å²) < 4.78 is 26.2. The Kier molecular flexibility index (Phi) is 3.88. The molecule has 1 atom stereocenters. The third-order valence-electron chi connectivity index (χ3n) is 2.61. The Morgan fingerprint density at radius 2 is 2.14 bits per heavy atom. The van der Waals surface area contributed by atoms with E-state index in [9.17, 15) is 8.42 Å². The van der Waals surface area contributed by atoms with E-state index in [1.54, 1.807) is 14.1 Å². The van der Waals surface area contributed by atoms with E-state index in [-0.39, 0.29) is 0 Å².